The normalized spacial score (nSPS) is 11.1. The Balaban J connectivity index is 3.50. The van der Waals surface area contributed by atoms with E-state index in [1.165, 1.54) is 26.5 Å². The second-order valence-corrected chi connectivity index (χ2v) is 3.57. The fraction of sp³-hybridized carbons (Fsp3) is 0.286. The van der Waals surface area contributed by atoms with Crippen molar-refractivity contribution in [2.45, 2.75) is 4.90 Å². The third-order valence-corrected chi connectivity index (χ3v) is 2.36. The maximum Gasteiger partial charge on any atom is 0.341 e. The van der Waals surface area contributed by atoms with E-state index in [2.05, 4.69) is 14.5 Å². The van der Waals surface area contributed by atoms with Gasteiger partial charge in [-0.1, -0.05) is 3.89 Å². The lowest BCUT2D eigenvalue weighted by Crippen LogP contribution is -2.02. The molecule has 0 aliphatic rings. The smallest absolute Gasteiger partial charge is 0.341 e. The lowest BCUT2D eigenvalue weighted by Gasteiger charge is -2.07. The lowest BCUT2D eigenvalue weighted by atomic mass is 10.4. The molecule has 0 spiro atoms. The topological polar surface area (TPSA) is 65.5 Å². The van der Waals surface area contributed by atoms with Crippen LogP contribution in [0.15, 0.2) is 17.2 Å². The number of hydrogen-bond acceptors (Lipinski definition) is 5. The molecule has 0 bridgehead atoms. The second kappa shape index (κ2) is 3.79. The number of pyridine rings is 1. The molecule has 14 heavy (non-hydrogen) atoms. The van der Waals surface area contributed by atoms with Crippen molar-refractivity contribution in [3.05, 3.63) is 12.3 Å². The molecule has 0 radical (unpaired) electrons. The summed E-state index contributed by atoms with van der Waals surface area (Å²) in [5, 5.41) is 0. The molecular weight excluding hydrogens is 213 g/mol. The lowest BCUT2D eigenvalue weighted by molar-refractivity contribution is 0.359. The van der Waals surface area contributed by atoms with Gasteiger partial charge >= 0.3 is 10.2 Å². The van der Waals surface area contributed by atoms with Crippen LogP contribution in [0.3, 0.4) is 0 Å². The average molecular weight is 221 g/mol. The summed E-state index contributed by atoms with van der Waals surface area (Å²) in [6.07, 6.45) is 1.26. The summed E-state index contributed by atoms with van der Waals surface area (Å²) in [4.78, 5) is 2.86. The van der Waals surface area contributed by atoms with Gasteiger partial charge in [-0.3, -0.25) is 0 Å². The van der Waals surface area contributed by atoms with Gasteiger partial charge in [-0.05, 0) is 0 Å². The Morgan fingerprint density at radius 2 is 2.00 bits per heavy atom. The van der Waals surface area contributed by atoms with E-state index in [4.69, 9.17) is 0 Å². The van der Waals surface area contributed by atoms with Crippen LogP contribution in [0, 0.1) is 0 Å². The summed E-state index contributed by atoms with van der Waals surface area (Å²) < 4.78 is 43.5. The van der Waals surface area contributed by atoms with Gasteiger partial charge in [-0.2, -0.15) is 8.42 Å². The number of rotatable bonds is 3. The molecule has 0 N–H and O–H groups in total. The maximum absolute atomic E-state index is 12.8. The molecule has 1 rings (SSSR count). The van der Waals surface area contributed by atoms with Gasteiger partial charge in [0.2, 0.25) is 10.8 Å². The fourth-order valence-corrected chi connectivity index (χ4v) is 1.68. The second-order valence-electron chi connectivity index (χ2n) is 2.29. The minimum atomic E-state index is -4.90. The molecule has 5 nitrogen and oxygen atoms in total. The summed E-state index contributed by atoms with van der Waals surface area (Å²) in [7, 11) is -2.48. The molecule has 0 saturated carbocycles. The standard InChI is InChI=1S/C7H8FNO4S/c1-12-5-3-4-9-7(13-2)6(5)14(8,10)11/h3-4H,1-2H3. The van der Waals surface area contributed by atoms with E-state index in [1.54, 1.807) is 0 Å². The predicted molar refractivity (Wildman–Crippen MR) is 45.6 cm³/mol. The first-order valence-electron chi connectivity index (χ1n) is 3.52. The highest BCUT2D eigenvalue weighted by molar-refractivity contribution is 7.86. The summed E-state index contributed by atoms with van der Waals surface area (Å²) in [6, 6.07) is 1.23. The van der Waals surface area contributed by atoms with E-state index in [0.29, 0.717) is 0 Å². The molecule has 1 aromatic heterocycles. The summed E-state index contributed by atoms with van der Waals surface area (Å²) in [5.41, 5.74) is 0. The zero-order valence-corrected chi connectivity index (χ0v) is 8.34. The van der Waals surface area contributed by atoms with E-state index < -0.39 is 15.1 Å². The van der Waals surface area contributed by atoms with Crippen LogP contribution < -0.4 is 9.47 Å². The first kappa shape index (κ1) is 10.7. The highest BCUT2D eigenvalue weighted by Gasteiger charge is 2.25. The van der Waals surface area contributed by atoms with E-state index in [9.17, 15) is 12.3 Å². The first-order valence-corrected chi connectivity index (χ1v) is 4.90. The fourth-order valence-electron chi connectivity index (χ4n) is 0.943. The van der Waals surface area contributed by atoms with Crippen molar-refractivity contribution in [2.24, 2.45) is 0 Å². The monoisotopic (exact) mass is 221 g/mol. The first-order chi connectivity index (χ1) is 6.50. The minimum absolute atomic E-state index is 0.139. The molecule has 7 heteroatoms. The molecule has 0 aliphatic heterocycles. The van der Waals surface area contributed by atoms with Gasteiger partial charge in [-0.15, -0.1) is 0 Å². The van der Waals surface area contributed by atoms with Crippen LogP contribution in [-0.4, -0.2) is 27.6 Å². The van der Waals surface area contributed by atoms with E-state index in [0.717, 1.165) is 0 Å². The van der Waals surface area contributed by atoms with Crippen LogP contribution in [0.5, 0.6) is 11.6 Å². The van der Waals surface area contributed by atoms with Crippen molar-refractivity contribution in [1.29, 1.82) is 0 Å². The quantitative estimate of drug-likeness (QED) is 0.705. The zero-order chi connectivity index (χ0) is 10.8. The SMILES string of the molecule is COc1ccnc(OC)c1S(=O)(=O)F. The zero-order valence-electron chi connectivity index (χ0n) is 7.52. The largest absolute Gasteiger partial charge is 0.495 e. The van der Waals surface area contributed by atoms with Crippen LogP contribution in [-0.2, 0) is 10.2 Å². The molecule has 0 saturated heterocycles. The van der Waals surface area contributed by atoms with Crippen molar-refractivity contribution in [3.8, 4) is 11.6 Å². The third-order valence-electron chi connectivity index (χ3n) is 1.49. The van der Waals surface area contributed by atoms with Crippen molar-refractivity contribution < 1.29 is 21.8 Å². The molecule has 1 aromatic rings. The number of nitrogens with zero attached hydrogens (tertiary/aromatic N) is 1. The van der Waals surface area contributed by atoms with Crippen LogP contribution in [0.2, 0.25) is 0 Å². The molecule has 0 unspecified atom stereocenters. The molecular formula is C7H8FNO4S. The van der Waals surface area contributed by atoms with E-state index >= 15 is 0 Å². The van der Waals surface area contributed by atoms with Gasteiger partial charge in [0.25, 0.3) is 0 Å². The van der Waals surface area contributed by atoms with Crippen molar-refractivity contribution in [1.82, 2.24) is 4.98 Å². The van der Waals surface area contributed by atoms with Crippen LogP contribution in [0.25, 0.3) is 0 Å². The number of methoxy groups -OCH3 is 2. The van der Waals surface area contributed by atoms with Gasteiger partial charge < -0.3 is 9.47 Å². The Hall–Kier alpha value is -1.37. The molecule has 1 heterocycles. The Morgan fingerprint density at radius 3 is 2.43 bits per heavy atom. The van der Waals surface area contributed by atoms with Gasteiger partial charge in [0.05, 0.1) is 14.2 Å². The van der Waals surface area contributed by atoms with E-state index in [-0.39, 0.29) is 11.6 Å². The van der Waals surface area contributed by atoms with Crippen molar-refractivity contribution in [2.75, 3.05) is 14.2 Å². The Bertz CT molecular complexity index is 409. The molecule has 0 fully saturated rings. The maximum atomic E-state index is 12.8. The molecule has 0 aromatic carbocycles. The third kappa shape index (κ3) is 1.92. The van der Waals surface area contributed by atoms with Gasteiger partial charge in [-0.25, -0.2) is 4.98 Å². The predicted octanol–water partition coefficient (Wildman–Crippen LogP) is 0.757. The molecule has 0 atom stereocenters. The van der Waals surface area contributed by atoms with Gasteiger partial charge in [0.15, 0.2) is 0 Å². The van der Waals surface area contributed by atoms with Crippen LogP contribution in [0.1, 0.15) is 0 Å². The highest BCUT2D eigenvalue weighted by atomic mass is 32.3. The number of aromatic nitrogens is 1. The van der Waals surface area contributed by atoms with Gasteiger partial charge in [0, 0.05) is 12.3 Å². The Morgan fingerprint density at radius 1 is 1.36 bits per heavy atom. The minimum Gasteiger partial charge on any atom is -0.495 e. The number of halogens is 1. The van der Waals surface area contributed by atoms with Gasteiger partial charge in [0.1, 0.15) is 5.75 Å². The molecule has 0 amide bonds. The number of ether oxygens (including phenoxy) is 2. The summed E-state index contributed by atoms with van der Waals surface area (Å²) >= 11 is 0. The molecule has 0 aliphatic carbocycles. The van der Waals surface area contributed by atoms with E-state index in [1.807, 2.05) is 0 Å². The Kier molecular flexibility index (Phi) is 2.90. The Labute approximate surface area is 80.7 Å². The van der Waals surface area contributed by atoms with Crippen molar-refractivity contribution >= 4 is 10.2 Å². The summed E-state index contributed by atoms with van der Waals surface area (Å²) in [6.45, 7) is 0. The highest BCUT2D eigenvalue weighted by Crippen LogP contribution is 2.31. The number of hydrogen-bond donors (Lipinski definition) is 0. The summed E-state index contributed by atoms with van der Waals surface area (Å²) in [5.74, 6) is -0.466. The van der Waals surface area contributed by atoms with Crippen molar-refractivity contribution in [3.63, 3.8) is 0 Å². The molecule has 78 valence electrons. The van der Waals surface area contributed by atoms with Crippen LogP contribution in [0.4, 0.5) is 3.89 Å². The van der Waals surface area contributed by atoms with Crippen LogP contribution >= 0.6 is 0 Å². The average Bonchev–Trinajstić information content (AvgIpc) is 2.15.